The standard InChI is InChI=1S/C20H24N2/c1-3-16-9-8-14-21-15(2)22(18-11-5-4-10-17(16)18)20-13-7-6-12-19(20)21/h4-7,10-13,15-16H,3,8-9,14H2,1-2H3/t15-,16?/m1/s1. The van der Waals surface area contributed by atoms with Gasteiger partial charge in [0, 0.05) is 12.2 Å². The van der Waals surface area contributed by atoms with Crippen LogP contribution in [0.1, 0.15) is 44.6 Å². The van der Waals surface area contributed by atoms with Crippen molar-refractivity contribution in [2.24, 2.45) is 0 Å². The number of fused-ring (bicyclic) bond motifs is 7. The zero-order valence-corrected chi connectivity index (χ0v) is 13.5. The summed E-state index contributed by atoms with van der Waals surface area (Å²) < 4.78 is 0. The SMILES string of the molecule is CCC1CCCN2c3ccccc3N(c3ccccc31)[C@@H]2C. The topological polar surface area (TPSA) is 6.48 Å². The van der Waals surface area contributed by atoms with Crippen molar-refractivity contribution < 1.29 is 0 Å². The second kappa shape index (κ2) is 5.35. The maximum Gasteiger partial charge on any atom is 0.104 e. The van der Waals surface area contributed by atoms with Crippen molar-refractivity contribution >= 4 is 17.1 Å². The van der Waals surface area contributed by atoms with Gasteiger partial charge in [0.15, 0.2) is 0 Å². The molecule has 2 heterocycles. The highest BCUT2D eigenvalue weighted by atomic mass is 15.4. The highest BCUT2D eigenvalue weighted by Gasteiger charge is 2.35. The highest BCUT2D eigenvalue weighted by Crippen LogP contribution is 2.47. The summed E-state index contributed by atoms with van der Waals surface area (Å²) in [5, 5.41) is 0. The molecule has 2 aliphatic rings. The third kappa shape index (κ3) is 1.93. The smallest absolute Gasteiger partial charge is 0.104 e. The fraction of sp³-hybridized carbons (Fsp3) is 0.400. The summed E-state index contributed by atoms with van der Waals surface area (Å²) in [5.74, 6) is 0.677. The van der Waals surface area contributed by atoms with Gasteiger partial charge in [-0.2, -0.15) is 0 Å². The minimum Gasteiger partial charge on any atom is -0.349 e. The lowest BCUT2D eigenvalue weighted by atomic mass is 9.90. The van der Waals surface area contributed by atoms with Gasteiger partial charge in [0.2, 0.25) is 0 Å². The molecule has 2 bridgehead atoms. The molecule has 22 heavy (non-hydrogen) atoms. The number of hydrogen-bond acceptors (Lipinski definition) is 2. The van der Waals surface area contributed by atoms with Crippen LogP contribution in [0.4, 0.5) is 17.1 Å². The summed E-state index contributed by atoms with van der Waals surface area (Å²) in [4.78, 5) is 5.11. The van der Waals surface area contributed by atoms with E-state index in [9.17, 15) is 0 Å². The second-order valence-electron chi connectivity index (χ2n) is 6.49. The molecule has 2 heteroatoms. The van der Waals surface area contributed by atoms with Crippen LogP contribution < -0.4 is 9.80 Å². The van der Waals surface area contributed by atoms with Gasteiger partial charge in [-0.15, -0.1) is 0 Å². The van der Waals surface area contributed by atoms with E-state index in [-0.39, 0.29) is 0 Å². The molecule has 2 aromatic rings. The number of nitrogens with zero attached hydrogens (tertiary/aromatic N) is 2. The predicted octanol–water partition coefficient (Wildman–Crippen LogP) is 5.28. The Balaban J connectivity index is 1.93. The summed E-state index contributed by atoms with van der Waals surface area (Å²) >= 11 is 0. The third-order valence-corrected chi connectivity index (χ3v) is 5.36. The Morgan fingerprint density at radius 2 is 1.64 bits per heavy atom. The number of benzene rings is 2. The summed E-state index contributed by atoms with van der Waals surface area (Å²) in [7, 11) is 0. The Morgan fingerprint density at radius 1 is 0.955 bits per heavy atom. The molecule has 1 unspecified atom stereocenters. The normalized spacial score (nSPS) is 23.4. The number of para-hydroxylation sites is 3. The first-order chi connectivity index (χ1) is 10.8. The Bertz CT molecular complexity index is 679. The quantitative estimate of drug-likeness (QED) is 0.705. The van der Waals surface area contributed by atoms with Gasteiger partial charge in [0.25, 0.3) is 0 Å². The predicted molar refractivity (Wildman–Crippen MR) is 94.1 cm³/mol. The monoisotopic (exact) mass is 292 g/mol. The average Bonchev–Trinajstić information content (AvgIpc) is 2.86. The van der Waals surface area contributed by atoms with Crippen molar-refractivity contribution in [2.45, 2.75) is 45.2 Å². The molecule has 2 aromatic carbocycles. The van der Waals surface area contributed by atoms with Crippen LogP contribution in [0.15, 0.2) is 48.5 Å². The van der Waals surface area contributed by atoms with Crippen molar-refractivity contribution in [2.75, 3.05) is 16.3 Å². The lowest BCUT2D eigenvalue weighted by Crippen LogP contribution is -2.38. The second-order valence-corrected chi connectivity index (χ2v) is 6.49. The third-order valence-electron chi connectivity index (χ3n) is 5.36. The number of hydrogen-bond donors (Lipinski definition) is 0. The van der Waals surface area contributed by atoms with Crippen molar-refractivity contribution in [3.05, 3.63) is 54.1 Å². The van der Waals surface area contributed by atoms with E-state index in [1.54, 1.807) is 0 Å². The van der Waals surface area contributed by atoms with Crippen LogP contribution in [-0.4, -0.2) is 12.7 Å². The average molecular weight is 292 g/mol. The van der Waals surface area contributed by atoms with Crippen LogP contribution in [0, 0.1) is 0 Å². The molecule has 0 aromatic heterocycles. The van der Waals surface area contributed by atoms with E-state index in [0.717, 1.165) is 6.54 Å². The molecule has 0 saturated heterocycles. The fourth-order valence-corrected chi connectivity index (χ4v) is 4.23. The molecular formula is C20H24N2. The molecular weight excluding hydrogens is 268 g/mol. The highest BCUT2D eigenvalue weighted by molar-refractivity contribution is 5.84. The number of anilines is 3. The van der Waals surface area contributed by atoms with E-state index in [0.29, 0.717) is 12.1 Å². The Morgan fingerprint density at radius 3 is 2.41 bits per heavy atom. The van der Waals surface area contributed by atoms with Crippen molar-refractivity contribution in [3.63, 3.8) is 0 Å². The van der Waals surface area contributed by atoms with Crippen molar-refractivity contribution in [3.8, 4) is 0 Å². The molecule has 0 aliphatic carbocycles. The van der Waals surface area contributed by atoms with Gasteiger partial charge in [-0.25, -0.2) is 0 Å². The molecule has 0 N–H and O–H groups in total. The van der Waals surface area contributed by atoms with Crippen LogP contribution in [-0.2, 0) is 0 Å². The van der Waals surface area contributed by atoms with Crippen LogP contribution in [0.5, 0.6) is 0 Å². The minimum absolute atomic E-state index is 0.397. The molecule has 114 valence electrons. The van der Waals surface area contributed by atoms with E-state index in [4.69, 9.17) is 0 Å². The first-order valence-electron chi connectivity index (χ1n) is 8.55. The molecule has 0 spiro atoms. The zero-order valence-electron chi connectivity index (χ0n) is 13.5. The summed E-state index contributed by atoms with van der Waals surface area (Å²) in [6, 6.07) is 17.9. The first kappa shape index (κ1) is 13.7. The van der Waals surface area contributed by atoms with Crippen LogP contribution in [0.2, 0.25) is 0 Å². The van der Waals surface area contributed by atoms with Gasteiger partial charge in [-0.05, 0) is 55.9 Å². The molecule has 2 nitrogen and oxygen atoms in total. The molecule has 0 radical (unpaired) electrons. The fourth-order valence-electron chi connectivity index (χ4n) is 4.23. The molecule has 0 fully saturated rings. The largest absolute Gasteiger partial charge is 0.349 e. The van der Waals surface area contributed by atoms with E-state index in [2.05, 4.69) is 72.2 Å². The number of rotatable bonds is 1. The van der Waals surface area contributed by atoms with E-state index in [1.807, 2.05) is 0 Å². The van der Waals surface area contributed by atoms with Gasteiger partial charge in [-0.3, -0.25) is 0 Å². The minimum atomic E-state index is 0.397. The lowest BCUT2D eigenvalue weighted by molar-refractivity contribution is 0.568. The lowest BCUT2D eigenvalue weighted by Gasteiger charge is -2.31. The van der Waals surface area contributed by atoms with E-state index in [1.165, 1.54) is 41.9 Å². The van der Waals surface area contributed by atoms with Crippen LogP contribution in [0.25, 0.3) is 0 Å². The molecule has 2 atom stereocenters. The molecule has 0 amide bonds. The van der Waals surface area contributed by atoms with E-state index >= 15 is 0 Å². The zero-order chi connectivity index (χ0) is 15.1. The van der Waals surface area contributed by atoms with Gasteiger partial charge in [0.1, 0.15) is 6.17 Å². The van der Waals surface area contributed by atoms with Crippen molar-refractivity contribution in [1.29, 1.82) is 0 Å². The van der Waals surface area contributed by atoms with Gasteiger partial charge in [-0.1, -0.05) is 37.3 Å². The molecule has 4 rings (SSSR count). The molecule has 2 aliphatic heterocycles. The summed E-state index contributed by atoms with van der Waals surface area (Å²) in [6.45, 7) is 5.81. The summed E-state index contributed by atoms with van der Waals surface area (Å²) in [5.41, 5.74) is 5.67. The Hall–Kier alpha value is -1.96. The maximum atomic E-state index is 2.57. The molecule has 0 saturated carbocycles. The maximum absolute atomic E-state index is 2.57. The van der Waals surface area contributed by atoms with Crippen LogP contribution in [0.3, 0.4) is 0 Å². The first-order valence-corrected chi connectivity index (χ1v) is 8.55. The van der Waals surface area contributed by atoms with Crippen LogP contribution >= 0.6 is 0 Å². The Kier molecular flexibility index (Phi) is 3.33. The van der Waals surface area contributed by atoms with Crippen molar-refractivity contribution in [1.82, 2.24) is 0 Å². The van der Waals surface area contributed by atoms with E-state index < -0.39 is 0 Å². The van der Waals surface area contributed by atoms with Gasteiger partial charge < -0.3 is 9.80 Å². The van der Waals surface area contributed by atoms with Gasteiger partial charge in [0.05, 0.1) is 11.4 Å². The summed E-state index contributed by atoms with van der Waals surface area (Å²) in [6.07, 6.45) is 4.17. The Labute approximate surface area is 133 Å². The van der Waals surface area contributed by atoms with Gasteiger partial charge >= 0.3 is 0 Å².